The van der Waals surface area contributed by atoms with E-state index in [4.69, 9.17) is 0 Å². The third-order valence-electron chi connectivity index (χ3n) is 4.06. The molecule has 0 aliphatic heterocycles. The van der Waals surface area contributed by atoms with Crippen LogP contribution in [-0.2, 0) is 15.3 Å². The van der Waals surface area contributed by atoms with Gasteiger partial charge in [-0.1, -0.05) is 37.3 Å². The summed E-state index contributed by atoms with van der Waals surface area (Å²) >= 11 is 5.93. The second-order valence-electron chi connectivity index (χ2n) is 6.61. The van der Waals surface area contributed by atoms with Crippen LogP contribution >= 0.6 is 24.4 Å². The molecule has 0 bridgehead atoms. The van der Waals surface area contributed by atoms with E-state index in [9.17, 15) is 9.59 Å². The minimum absolute atomic E-state index is 0.0406. The summed E-state index contributed by atoms with van der Waals surface area (Å²) in [5.74, 6) is 2.14. The SMILES string of the molecule is CCCNC(=O)CCC(CN(C)CCSCc1ccccc1)NC(=O)CS. The van der Waals surface area contributed by atoms with E-state index in [0.717, 1.165) is 31.0 Å². The Hall–Kier alpha value is -1.18. The van der Waals surface area contributed by atoms with Gasteiger partial charge in [0.15, 0.2) is 0 Å². The van der Waals surface area contributed by atoms with Crippen molar-refractivity contribution in [2.75, 3.05) is 38.2 Å². The summed E-state index contributed by atoms with van der Waals surface area (Å²) in [6.45, 7) is 4.39. The Balaban J connectivity index is 2.33. The van der Waals surface area contributed by atoms with Crippen molar-refractivity contribution in [3.8, 4) is 0 Å². The number of likely N-dealkylation sites (N-methyl/N-ethyl adjacent to an activating group) is 1. The molecular formula is C20H33N3O2S2. The van der Waals surface area contributed by atoms with Crippen molar-refractivity contribution < 1.29 is 9.59 Å². The Morgan fingerprint density at radius 3 is 2.63 bits per heavy atom. The summed E-state index contributed by atoms with van der Waals surface area (Å²) in [6.07, 6.45) is 1.99. The topological polar surface area (TPSA) is 61.4 Å². The standard InChI is InChI=1S/C20H33N3O2S2/c1-3-11-21-19(24)10-9-18(22-20(25)15-26)14-23(2)12-13-27-16-17-7-5-4-6-8-17/h4-8,18,26H,3,9-16H2,1-2H3,(H,21,24)(H,22,25). The molecule has 0 fully saturated rings. The van der Waals surface area contributed by atoms with E-state index in [1.165, 1.54) is 5.56 Å². The molecule has 1 atom stereocenters. The first kappa shape index (κ1) is 23.9. The normalized spacial score (nSPS) is 12.0. The molecule has 1 unspecified atom stereocenters. The lowest BCUT2D eigenvalue weighted by molar-refractivity contribution is -0.122. The molecule has 0 saturated heterocycles. The molecule has 1 aromatic carbocycles. The van der Waals surface area contributed by atoms with Crippen LogP contribution in [0, 0.1) is 0 Å². The first-order chi connectivity index (χ1) is 13.0. The first-order valence-electron chi connectivity index (χ1n) is 9.52. The molecule has 5 nitrogen and oxygen atoms in total. The minimum Gasteiger partial charge on any atom is -0.356 e. The molecular weight excluding hydrogens is 378 g/mol. The van der Waals surface area contributed by atoms with Crippen molar-refractivity contribution in [3.63, 3.8) is 0 Å². The smallest absolute Gasteiger partial charge is 0.229 e. The average molecular weight is 412 g/mol. The predicted molar refractivity (Wildman–Crippen MR) is 118 cm³/mol. The number of rotatable bonds is 14. The van der Waals surface area contributed by atoms with Crippen molar-refractivity contribution in [1.82, 2.24) is 15.5 Å². The van der Waals surface area contributed by atoms with Crippen LogP contribution in [0.1, 0.15) is 31.7 Å². The summed E-state index contributed by atoms with van der Waals surface area (Å²) in [7, 11) is 2.06. The summed E-state index contributed by atoms with van der Waals surface area (Å²) < 4.78 is 0. The Morgan fingerprint density at radius 1 is 1.22 bits per heavy atom. The van der Waals surface area contributed by atoms with E-state index in [2.05, 4.69) is 59.5 Å². The van der Waals surface area contributed by atoms with Gasteiger partial charge in [-0.05, 0) is 25.5 Å². The van der Waals surface area contributed by atoms with Crippen LogP contribution < -0.4 is 10.6 Å². The molecule has 0 radical (unpaired) electrons. The molecule has 1 aromatic rings. The second-order valence-corrected chi connectivity index (χ2v) is 8.03. The van der Waals surface area contributed by atoms with Gasteiger partial charge in [0.1, 0.15) is 0 Å². The van der Waals surface area contributed by atoms with Gasteiger partial charge in [0, 0.05) is 43.6 Å². The Bertz CT molecular complexity index is 543. The van der Waals surface area contributed by atoms with E-state index < -0.39 is 0 Å². The summed E-state index contributed by atoms with van der Waals surface area (Å²) in [6, 6.07) is 10.4. The minimum atomic E-state index is -0.0934. The average Bonchev–Trinajstić information content (AvgIpc) is 2.68. The highest BCUT2D eigenvalue weighted by Crippen LogP contribution is 2.11. The van der Waals surface area contributed by atoms with Crippen molar-refractivity contribution >= 4 is 36.2 Å². The van der Waals surface area contributed by atoms with Gasteiger partial charge in [-0.15, -0.1) is 0 Å². The highest BCUT2D eigenvalue weighted by atomic mass is 32.2. The van der Waals surface area contributed by atoms with Crippen molar-refractivity contribution in [3.05, 3.63) is 35.9 Å². The molecule has 2 N–H and O–H groups in total. The third-order valence-corrected chi connectivity index (χ3v) is 5.36. The van der Waals surface area contributed by atoms with Gasteiger partial charge < -0.3 is 15.5 Å². The highest BCUT2D eigenvalue weighted by Gasteiger charge is 2.15. The summed E-state index contributed by atoms with van der Waals surface area (Å²) in [4.78, 5) is 25.8. The van der Waals surface area contributed by atoms with Crippen LogP contribution in [0.2, 0.25) is 0 Å². The maximum Gasteiger partial charge on any atom is 0.229 e. The fraction of sp³-hybridized carbons (Fsp3) is 0.600. The van der Waals surface area contributed by atoms with Gasteiger partial charge >= 0.3 is 0 Å². The van der Waals surface area contributed by atoms with Crippen LogP contribution in [-0.4, -0.2) is 60.9 Å². The number of thioether (sulfide) groups is 1. The molecule has 0 aliphatic carbocycles. The van der Waals surface area contributed by atoms with E-state index in [-0.39, 0.29) is 23.6 Å². The largest absolute Gasteiger partial charge is 0.356 e. The number of nitrogens with zero attached hydrogens (tertiary/aromatic N) is 1. The lowest BCUT2D eigenvalue weighted by Gasteiger charge is -2.25. The zero-order chi connectivity index (χ0) is 19.9. The van der Waals surface area contributed by atoms with E-state index >= 15 is 0 Å². The number of amides is 2. The van der Waals surface area contributed by atoms with Crippen LogP contribution in [0.4, 0.5) is 0 Å². The Kier molecular flexibility index (Phi) is 13.1. The molecule has 27 heavy (non-hydrogen) atoms. The molecule has 0 aromatic heterocycles. The highest BCUT2D eigenvalue weighted by molar-refractivity contribution is 7.98. The lowest BCUT2D eigenvalue weighted by atomic mass is 10.1. The van der Waals surface area contributed by atoms with Crippen LogP contribution in [0.25, 0.3) is 0 Å². The van der Waals surface area contributed by atoms with E-state index in [0.29, 0.717) is 19.4 Å². The molecule has 0 aliphatic rings. The Morgan fingerprint density at radius 2 is 1.96 bits per heavy atom. The zero-order valence-corrected chi connectivity index (χ0v) is 18.2. The van der Waals surface area contributed by atoms with Gasteiger partial charge in [0.25, 0.3) is 0 Å². The quantitative estimate of drug-likeness (QED) is 0.325. The Labute approximate surface area is 173 Å². The maximum absolute atomic E-state index is 11.8. The van der Waals surface area contributed by atoms with Crippen LogP contribution in [0.5, 0.6) is 0 Å². The number of thiol groups is 1. The number of benzene rings is 1. The van der Waals surface area contributed by atoms with Crippen molar-refractivity contribution in [2.45, 2.75) is 38.0 Å². The second kappa shape index (κ2) is 14.8. The van der Waals surface area contributed by atoms with Crippen LogP contribution in [0.3, 0.4) is 0 Å². The molecule has 0 spiro atoms. The predicted octanol–water partition coefficient (Wildman–Crippen LogP) is 2.57. The number of nitrogens with one attached hydrogen (secondary N) is 2. The third kappa shape index (κ3) is 12.0. The maximum atomic E-state index is 11.8. The monoisotopic (exact) mass is 411 g/mol. The van der Waals surface area contributed by atoms with E-state index in [1.807, 2.05) is 24.8 Å². The summed E-state index contributed by atoms with van der Waals surface area (Å²) in [5.41, 5.74) is 1.34. The molecule has 7 heteroatoms. The molecule has 2 amide bonds. The van der Waals surface area contributed by atoms with Gasteiger partial charge in [-0.3, -0.25) is 9.59 Å². The molecule has 0 heterocycles. The van der Waals surface area contributed by atoms with Crippen molar-refractivity contribution in [2.24, 2.45) is 0 Å². The summed E-state index contributed by atoms with van der Waals surface area (Å²) in [5, 5.41) is 5.86. The van der Waals surface area contributed by atoms with Gasteiger partial charge in [0.2, 0.25) is 11.8 Å². The number of hydrogen-bond donors (Lipinski definition) is 3. The van der Waals surface area contributed by atoms with Gasteiger partial charge in [-0.2, -0.15) is 24.4 Å². The lowest BCUT2D eigenvalue weighted by Crippen LogP contribution is -2.44. The van der Waals surface area contributed by atoms with Gasteiger partial charge in [-0.25, -0.2) is 0 Å². The fourth-order valence-corrected chi connectivity index (χ4v) is 3.70. The van der Waals surface area contributed by atoms with Crippen molar-refractivity contribution in [1.29, 1.82) is 0 Å². The molecule has 0 saturated carbocycles. The zero-order valence-electron chi connectivity index (χ0n) is 16.4. The number of carbonyl (C=O) groups excluding carboxylic acids is 2. The fourth-order valence-electron chi connectivity index (χ4n) is 2.59. The van der Waals surface area contributed by atoms with E-state index in [1.54, 1.807) is 0 Å². The van der Waals surface area contributed by atoms with Gasteiger partial charge in [0.05, 0.1) is 5.75 Å². The van der Waals surface area contributed by atoms with Crippen LogP contribution in [0.15, 0.2) is 30.3 Å². The molecule has 1 rings (SSSR count). The number of carbonyl (C=O) groups is 2. The first-order valence-corrected chi connectivity index (χ1v) is 11.3. The number of hydrogen-bond acceptors (Lipinski definition) is 5. The molecule has 152 valence electrons.